The van der Waals surface area contributed by atoms with Crippen LogP contribution in [0.1, 0.15) is 5.56 Å². The summed E-state index contributed by atoms with van der Waals surface area (Å²) in [6.45, 7) is 1.79. The van der Waals surface area contributed by atoms with Gasteiger partial charge in [0.25, 0.3) is 0 Å². The van der Waals surface area contributed by atoms with Crippen LogP contribution in [0.3, 0.4) is 0 Å². The molecule has 17 heavy (non-hydrogen) atoms. The van der Waals surface area contributed by atoms with Gasteiger partial charge in [-0.05, 0) is 19.1 Å². The highest BCUT2D eigenvalue weighted by atomic mass is 32.2. The van der Waals surface area contributed by atoms with Crippen molar-refractivity contribution in [2.75, 3.05) is 5.73 Å². The Morgan fingerprint density at radius 2 is 1.94 bits per heavy atom. The van der Waals surface area contributed by atoms with E-state index in [-0.39, 0.29) is 4.90 Å². The van der Waals surface area contributed by atoms with Crippen molar-refractivity contribution in [3.05, 3.63) is 36.0 Å². The van der Waals surface area contributed by atoms with E-state index in [4.69, 9.17) is 10.9 Å². The summed E-state index contributed by atoms with van der Waals surface area (Å²) in [7, 11) is -3.79. The van der Waals surface area contributed by atoms with E-state index in [2.05, 4.69) is 5.10 Å². The third-order valence-electron chi connectivity index (χ3n) is 2.35. The van der Waals surface area contributed by atoms with Crippen LogP contribution in [-0.4, -0.2) is 18.2 Å². The van der Waals surface area contributed by atoms with Gasteiger partial charge in [0, 0.05) is 11.8 Å². The number of anilines is 1. The smallest absolute Gasteiger partial charge is 0.240 e. The highest BCUT2D eigenvalue weighted by Gasteiger charge is 2.15. The van der Waals surface area contributed by atoms with Crippen molar-refractivity contribution in [3.63, 3.8) is 0 Å². The van der Waals surface area contributed by atoms with Crippen LogP contribution in [0.2, 0.25) is 0 Å². The van der Waals surface area contributed by atoms with Gasteiger partial charge in [-0.1, -0.05) is 12.1 Å². The lowest BCUT2D eigenvalue weighted by Crippen LogP contribution is -2.15. The first-order valence-electron chi connectivity index (χ1n) is 4.83. The quantitative estimate of drug-likeness (QED) is 0.807. The largest absolute Gasteiger partial charge is 0.382 e. The van der Waals surface area contributed by atoms with E-state index in [1.165, 1.54) is 10.7 Å². The van der Waals surface area contributed by atoms with E-state index >= 15 is 0 Å². The van der Waals surface area contributed by atoms with Gasteiger partial charge in [-0.2, -0.15) is 5.10 Å². The lowest BCUT2D eigenvalue weighted by Gasteiger charge is -2.06. The Morgan fingerprint density at radius 1 is 1.29 bits per heavy atom. The molecular weight excluding hydrogens is 240 g/mol. The summed E-state index contributed by atoms with van der Waals surface area (Å²) in [6.07, 6.45) is 1.65. The first kappa shape index (κ1) is 11.6. The Hall–Kier alpha value is -1.86. The molecule has 0 aliphatic rings. The maximum Gasteiger partial charge on any atom is 0.240 e. The van der Waals surface area contributed by atoms with Gasteiger partial charge in [0.15, 0.2) is 0 Å². The monoisotopic (exact) mass is 252 g/mol. The highest BCUT2D eigenvalue weighted by molar-refractivity contribution is 7.89. The molecule has 7 heteroatoms. The minimum Gasteiger partial charge on any atom is -0.382 e. The van der Waals surface area contributed by atoms with Crippen molar-refractivity contribution in [2.45, 2.75) is 11.8 Å². The van der Waals surface area contributed by atoms with Crippen LogP contribution < -0.4 is 10.9 Å². The summed E-state index contributed by atoms with van der Waals surface area (Å²) in [5.74, 6) is 0.356. The number of nitrogens with two attached hydrogens (primary N) is 2. The summed E-state index contributed by atoms with van der Waals surface area (Å²) in [6, 6.07) is 6.35. The van der Waals surface area contributed by atoms with Gasteiger partial charge in [0.05, 0.1) is 5.69 Å². The van der Waals surface area contributed by atoms with Crippen molar-refractivity contribution < 1.29 is 8.42 Å². The molecule has 0 aliphatic carbocycles. The second-order valence-corrected chi connectivity index (χ2v) is 5.18. The van der Waals surface area contributed by atoms with Crippen molar-refractivity contribution in [1.29, 1.82) is 0 Å². The number of para-hydroxylation sites is 1. The molecule has 1 aromatic carbocycles. The maximum absolute atomic E-state index is 11.4. The standard InChI is InChI=1S/C10H12N4O2S/c1-7-6-14(13-10(7)11)8-4-2-3-5-9(8)17(12,15)16/h2-6H,1H3,(H2,11,13)(H2,12,15,16). The van der Waals surface area contributed by atoms with E-state index in [0.717, 1.165) is 5.56 Å². The zero-order valence-electron chi connectivity index (χ0n) is 9.16. The molecule has 0 aliphatic heterocycles. The number of sulfonamides is 1. The molecule has 0 saturated heterocycles. The number of aromatic nitrogens is 2. The lowest BCUT2D eigenvalue weighted by molar-refractivity contribution is 0.596. The molecule has 0 bridgehead atoms. The van der Waals surface area contributed by atoms with Gasteiger partial charge >= 0.3 is 0 Å². The molecule has 0 unspecified atom stereocenters. The van der Waals surface area contributed by atoms with Crippen molar-refractivity contribution in [2.24, 2.45) is 5.14 Å². The predicted molar refractivity (Wildman–Crippen MR) is 64.1 cm³/mol. The van der Waals surface area contributed by atoms with Crippen LogP contribution in [0.15, 0.2) is 35.4 Å². The lowest BCUT2D eigenvalue weighted by atomic mass is 10.3. The van der Waals surface area contributed by atoms with E-state index in [9.17, 15) is 8.42 Å². The summed E-state index contributed by atoms with van der Waals surface area (Å²) in [5.41, 5.74) is 6.78. The maximum atomic E-state index is 11.4. The number of primary sulfonamides is 1. The van der Waals surface area contributed by atoms with E-state index in [1.807, 2.05) is 0 Å². The molecule has 2 aromatic rings. The van der Waals surface area contributed by atoms with Gasteiger partial charge in [0.2, 0.25) is 10.0 Å². The third-order valence-corrected chi connectivity index (χ3v) is 3.31. The fraction of sp³-hybridized carbons (Fsp3) is 0.100. The Balaban J connectivity index is 2.68. The van der Waals surface area contributed by atoms with Crippen molar-refractivity contribution in [3.8, 4) is 5.69 Å². The Kier molecular flexibility index (Phi) is 2.64. The average Bonchev–Trinajstić information content (AvgIpc) is 2.58. The summed E-state index contributed by atoms with van der Waals surface area (Å²) < 4.78 is 24.3. The minimum absolute atomic E-state index is 0.0162. The number of nitrogens with zero attached hydrogens (tertiary/aromatic N) is 2. The highest BCUT2D eigenvalue weighted by Crippen LogP contribution is 2.19. The first-order chi connectivity index (χ1) is 7.89. The molecule has 1 aromatic heterocycles. The molecule has 0 amide bonds. The van der Waals surface area contributed by atoms with Crippen LogP contribution in [0, 0.1) is 6.92 Å². The summed E-state index contributed by atoms with van der Waals surface area (Å²) in [4.78, 5) is 0.0162. The van der Waals surface area contributed by atoms with Crippen LogP contribution in [0.4, 0.5) is 5.82 Å². The molecule has 90 valence electrons. The number of aryl methyl sites for hydroxylation is 1. The fourth-order valence-corrected chi connectivity index (χ4v) is 2.21. The average molecular weight is 252 g/mol. The first-order valence-corrected chi connectivity index (χ1v) is 6.38. The van der Waals surface area contributed by atoms with E-state index in [1.54, 1.807) is 31.3 Å². The summed E-state index contributed by atoms with van der Waals surface area (Å²) in [5, 5.41) is 9.17. The summed E-state index contributed by atoms with van der Waals surface area (Å²) >= 11 is 0. The SMILES string of the molecule is Cc1cn(-c2ccccc2S(N)(=O)=O)nc1N. The van der Waals surface area contributed by atoms with E-state index < -0.39 is 10.0 Å². The zero-order chi connectivity index (χ0) is 12.6. The molecule has 0 fully saturated rings. The van der Waals surface area contributed by atoms with Crippen LogP contribution in [0.5, 0.6) is 0 Å². The van der Waals surface area contributed by atoms with Gasteiger partial charge in [0.1, 0.15) is 10.7 Å². The normalized spacial score (nSPS) is 11.6. The second-order valence-electron chi connectivity index (χ2n) is 3.65. The van der Waals surface area contributed by atoms with Gasteiger partial charge in [-0.3, -0.25) is 0 Å². The molecule has 6 nitrogen and oxygen atoms in total. The molecule has 2 rings (SSSR count). The van der Waals surface area contributed by atoms with E-state index in [0.29, 0.717) is 11.5 Å². The molecule has 0 radical (unpaired) electrons. The fourth-order valence-electron chi connectivity index (χ4n) is 1.48. The Labute approximate surface area is 98.9 Å². The zero-order valence-corrected chi connectivity index (χ0v) is 9.98. The van der Waals surface area contributed by atoms with Crippen molar-refractivity contribution in [1.82, 2.24) is 9.78 Å². The number of hydrogen-bond acceptors (Lipinski definition) is 4. The molecule has 4 N–H and O–H groups in total. The minimum atomic E-state index is -3.79. The topological polar surface area (TPSA) is 104 Å². The van der Waals surface area contributed by atoms with Gasteiger partial charge < -0.3 is 5.73 Å². The molecule has 0 saturated carbocycles. The molecule has 0 atom stereocenters. The number of benzene rings is 1. The van der Waals surface area contributed by atoms with Gasteiger partial charge in [-0.15, -0.1) is 0 Å². The van der Waals surface area contributed by atoms with Gasteiger partial charge in [-0.25, -0.2) is 18.2 Å². The van der Waals surface area contributed by atoms with Crippen LogP contribution in [-0.2, 0) is 10.0 Å². The second kappa shape index (κ2) is 3.86. The molecule has 0 spiro atoms. The number of rotatable bonds is 2. The molecular formula is C10H12N4O2S. The Bertz CT molecular complexity index is 641. The molecule has 1 heterocycles. The third kappa shape index (κ3) is 2.15. The van der Waals surface area contributed by atoms with Crippen LogP contribution in [0.25, 0.3) is 5.69 Å². The van der Waals surface area contributed by atoms with Crippen molar-refractivity contribution >= 4 is 15.8 Å². The number of hydrogen-bond donors (Lipinski definition) is 2. The van der Waals surface area contributed by atoms with Crippen LogP contribution >= 0.6 is 0 Å². The predicted octanol–water partition coefficient (Wildman–Crippen LogP) is 0.410. The number of nitrogen functional groups attached to an aromatic ring is 1. The Morgan fingerprint density at radius 3 is 2.47 bits per heavy atom.